The van der Waals surface area contributed by atoms with Crippen molar-refractivity contribution in [2.24, 2.45) is 0 Å². The lowest BCUT2D eigenvalue weighted by molar-refractivity contribution is 0.341. The monoisotopic (exact) mass is 391 g/mol. The molecule has 1 aliphatic rings. The minimum atomic E-state index is -0.206. The summed E-state index contributed by atoms with van der Waals surface area (Å²) in [7, 11) is 0. The molecule has 29 heavy (non-hydrogen) atoms. The van der Waals surface area contributed by atoms with Gasteiger partial charge in [0.05, 0.1) is 6.61 Å². The second-order valence-corrected chi connectivity index (χ2v) is 7.14. The summed E-state index contributed by atoms with van der Waals surface area (Å²) in [6, 6.07) is 12.7. The van der Waals surface area contributed by atoms with E-state index < -0.39 is 0 Å². The van der Waals surface area contributed by atoms with Gasteiger partial charge in [0.2, 0.25) is 0 Å². The van der Waals surface area contributed by atoms with E-state index in [1.807, 2.05) is 37.3 Å². The number of benzene rings is 2. The van der Waals surface area contributed by atoms with E-state index in [2.05, 4.69) is 24.8 Å². The molecule has 2 aromatic carbocycles. The standard InChI is InChI=1S/C22H22FN5O/c1-2-29-17-7-8-19-18(13-17)20-21(26-19)22(25-14-24-20)28-11-9-27(10-12-28)16-5-3-15(23)4-6-16/h3-8,13-14,26H,2,9-12H2,1H3. The highest BCUT2D eigenvalue weighted by Gasteiger charge is 2.22. The van der Waals surface area contributed by atoms with E-state index in [-0.39, 0.29) is 5.82 Å². The first-order valence-electron chi connectivity index (χ1n) is 9.87. The number of aromatic nitrogens is 3. The van der Waals surface area contributed by atoms with E-state index in [1.54, 1.807) is 6.33 Å². The number of hydrogen-bond donors (Lipinski definition) is 1. The molecule has 0 bridgehead atoms. The van der Waals surface area contributed by atoms with Crippen molar-refractivity contribution in [1.82, 2.24) is 15.0 Å². The van der Waals surface area contributed by atoms with E-state index in [0.717, 1.165) is 65.4 Å². The highest BCUT2D eigenvalue weighted by molar-refractivity contribution is 6.08. The highest BCUT2D eigenvalue weighted by Crippen LogP contribution is 2.32. The summed E-state index contributed by atoms with van der Waals surface area (Å²) in [4.78, 5) is 17.1. The Bertz CT molecular complexity index is 1150. The van der Waals surface area contributed by atoms with Crippen LogP contribution in [0.15, 0.2) is 48.8 Å². The molecular formula is C22H22FN5O. The fourth-order valence-corrected chi connectivity index (χ4v) is 3.98. The van der Waals surface area contributed by atoms with Gasteiger partial charge in [-0.15, -0.1) is 0 Å². The first-order valence-corrected chi connectivity index (χ1v) is 9.87. The zero-order chi connectivity index (χ0) is 19.8. The molecule has 4 aromatic rings. The lowest BCUT2D eigenvalue weighted by Gasteiger charge is -2.36. The molecule has 1 aliphatic heterocycles. The van der Waals surface area contributed by atoms with Crippen LogP contribution in [0.2, 0.25) is 0 Å². The van der Waals surface area contributed by atoms with Gasteiger partial charge in [0.25, 0.3) is 0 Å². The molecule has 0 spiro atoms. The molecule has 1 saturated heterocycles. The summed E-state index contributed by atoms with van der Waals surface area (Å²) in [5, 5.41) is 1.04. The molecule has 0 aliphatic carbocycles. The van der Waals surface area contributed by atoms with Crippen molar-refractivity contribution < 1.29 is 9.13 Å². The minimum absolute atomic E-state index is 0.206. The average Bonchev–Trinajstić information content (AvgIpc) is 3.13. The van der Waals surface area contributed by atoms with Gasteiger partial charge >= 0.3 is 0 Å². The summed E-state index contributed by atoms with van der Waals surface area (Å²) in [5.74, 6) is 1.55. The molecule has 0 atom stereocenters. The third-order valence-corrected chi connectivity index (χ3v) is 5.42. The van der Waals surface area contributed by atoms with Crippen molar-refractivity contribution in [1.29, 1.82) is 0 Å². The molecule has 148 valence electrons. The number of nitrogens with one attached hydrogen (secondary N) is 1. The number of halogens is 1. The molecular weight excluding hydrogens is 369 g/mol. The normalized spacial score (nSPS) is 14.7. The number of piperazine rings is 1. The van der Waals surface area contributed by atoms with Gasteiger partial charge in [0.15, 0.2) is 5.82 Å². The molecule has 7 heteroatoms. The Morgan fingerprint density at radius 2 is 1.76 bits per heavy atom. The number of rotatable bonds is 4. The first kappa shape index (κ1) is 17.7. The number of fused-ring (bicyclic) bond motifs is 3. The molecule has 6 nitrogen and oxygen atoms in total. The fourth-order valence-electron chi connectivity index (χ4n) is 3.98. The van der Waals surface area contributed by atoms with Crippen LogP contribution in [-0.2, 0) is 0 Å². The maximum Gasteiger partial charge on any atom is 0.156 e. The van der Waals surface area contributed by atoms with Crippen LogP contribution in [0.25, 0.3) is 21.9 Å². The topological polar surface area (TPSA) is 57.3 Å². The van der Waals surface area contributed by atoms with Gasteiger partial charge in [0, 0.05) is 42.8 Å². The minimum Gasteiger partial charge on any atom is -0.494 e. The van der Waals surface area contributed by atoms with E-state index in [1.165, 1.54) is 12.1 Å². The summed E-state index contributed by atoms with van der Waals surface area (Å²) >= 11 is 0. The number of aromatic amines is 1. The van der Waals surface area contributed by atoms with Gasteiger partial charge in [-0.2, -0.15) is 0 Å². The Balaban J connectivity index is 1.43. The van der Waals surface area contributed by atoms with Crippen LogP contribution in [0.1, 0.15) is 6.92 Å². The molecule has 0 amide bonds. The van der Waals surface area contributed by atoms with Crippen molar-refractivity contribution in [2.75, 3.05) is 42.6 Å². The van der Waals surface area contributed by atoms with E-state index in [9.17, 15) is 4.39 Å². The number of ether oxygens (including phenoxy) is 1. The average molecular weight is 391 g/mol. The van der Waals surface area contributed by atoms with Gasteiger partial charge in [-0.1, -0.05) is 0 Å². The quantitative estimate of drug-likeness (QED) is 0.570. The van der Waals surface area contributed by atoms with Crippen molar-refractivity contribution in [3.63, 3.8) is 0 Å². The summed E-state index contributed by atoms with van der Waals surface area (Å²) in [6.45, 7) is 5.99. The number of H-pyrrole nitrogens is 1. The van der Waals surface area contributed by atoms with Crippen LogP contribution in [0, 0.1) is 5.82 Å². The van der Waals surface area contributed by atoms with Gasteiger partial charge in [-0.05, 0) is 49.4 Å². The number of nitrogens with zero attached hydrogens (tertiary/aromatic N) is 4. The molecule has 3 heterocycles. The largest absolute Gasteiger partial charge is 0.494 e. The lowest BCUT2D eigenvalue weighted by Crippen LogP contribution is -2.47. The second-order valence-electron chi connectivity index (χ2n) is 7.14. The molecule has 0 unspecified atom stereocenters. The summed E-state index contributed by atoms with van der Waals surface area (Å²) in [6.07, 6.45) is 1.63. The number of hydrogen-bond acceptors (Lipinski definition) is 5. The summed E-state index contributed by atoms with van der Waals surface area (Å²) < 4.78 is 18.8. The Morgan fingerprint density at radius 1 is 1.00 bits per heavy atom. The molecule has 0 saturated carbocycles. The Hall–Kier alpha value is -3.35. The highest BCUT2D eigenvalue weighted by atomic mass is 19.1. The maximum atomic E-state index is 13.2. The van der Waals surface area contributed by atoms with Crippen LogP contribution in [-0.4, -0.2) is 47.7 Å². The van der Waals surface area contributed by atoms with Crippen molar-refractivity contribution in [3.8, 4) is 5.75 Å². The van der Waals surface area contributed by atoms with Gasteiger partial charge < -0.3 is 19.5 Å². The predicted molar refractivity (Wildman–Crippen MR) is 113 cm³/mol. The molecule has 2 aromatic heterocycles. The van der Waals surface area contributed by atoms with Gasteiger partial charge in [-0.3, -0.25) is 0 Å². The van der Waals surface area contributed by atoms with E-state index in [0.29, 0.717) is 6.61 Å². The lowest BCUT2D eigenvalue weighted by atomic mass is 10.2. The molecule has 1 N–H and O–H groups in total. The SMILES string of the molecule is CCOc1ccc2[nH]c3c(N4CCN(c5ccc(F)cc5)CC4)ncnc3c2c1. The van der Waals surface area contributed by atoms with Gasteiger partial charge in [-0.25, -0.2) is 14.4 Å². The zero-order valence-corrected chi connectivity index (χ0v) is 16.2. The Kier molecular flexibility index (Phi) is 4.42. The van der Waals surface area contributed by atoms with Crippen molar-refractivity contribution >= 4 is 33.4 Å². The van der Waals surface area contributed by atoms with Gasteiger partial charge in [0.1, 0.15) is 28.9 Å². The third kappa shape index (κ3) is 3.22. The Labute approximate surface area is 167 Å². The maximum absolute atomic E-state index is 13.2. The van der Waals surface area contributed by atoms with Crippen LogP contribution in [0.4, 0.5) is 15.9 Å². The second kappa shape index (κ2) is 7.24. The van der Waals surface area contributed by atoms with Crippen LogP contribution in [0.3, 0.4) is 0 Å². The third-order valence-electron chi connectivity index (χ3n) is 5.42. The first-order chi connectivity index (χ1) is 14.2. The van der Waals surface area contributed by atoms with Crippen LogP contribution in [0.5, 0.6) is 5.75 Å². The van der Waals surface area contributed by atoms with Crippen molar-refractivity contribution in [2.45, 2.75) is 6.92 Å². The zero-order valence-electron chi connectivity index (χ0n) is 16.2. The van der Waals surface area contributed by atoms with E-state index in [4.69, 9.17) is 4.74 Å². The van der Waals surface area contributed by atoms with Crippen molar-refractivity contribution in [3.05, 3.63) is 54.6 Å². The Morgan fingerprint density at radius 3 is 2.52 bits per heavy atom. The van der Waals surface area contributed by atoms with Crippen LogP contribution >= 0.6 is 0 Å². The van der Waals surface area contributed by atoms with E-state index >= 15 is 0 Å². The molecule has 1 fully saturated rings. The summed E-state index contributed by atoms with van der Waals surface area (Å²) in [5.41, 5.74) is 3.93. The number of anilines is 2. The predicted octanol–water partition coefficient (Wildman–Crippen LogP) is 3.98. The molecule has 5 rings (SSSR count). The van der Waals surface area contributed by atoms with Crippen LogP contribution < -0.4 is 14.5 Å². The smallest absolute Gasteiger partial charge is 0.156 e. The fraction of sp³-hybridized carbons (Fsp3) is 0.273. The molecule has 0 radical (unpaired) electrons.